The summed E-state index contributed by atoms with van der Waals surface area (Å²) in [5.41, 5.74) is 0.889. The molecule has 1 fully saturated rings. The van der Waals surface area contributed by atoms with Gasteiger partial charge in [0.05, 0.1) is 17.9 Å². The van der Waals surface area contributed by atoms with Crippen LogP contribution in [0.4, 0.5) is 0 Å². The van der Waals surface area contributed by atoms with Crippen molar-refractivity contribution in [1.82, 2.24) is 4.90 Å². The molecule has 4 rings (SSSR count). The first-order valence-electron chi connectivity index (χ1n) is 10.2. The lowest BCUT2D eigenvalue weighted by Gasteiger charge is -2.30. The average molecular weight is 405 g/mol. The topological polar surface area (TPSA) is 76.8 Å². The van der Waals surface area contributed by atoms with Crippen molar-refractivity contribution in [3.05, 3.63) is 70.8 Å². The number of fused-ring (bicyclic) bond motifs is 1. The number of hydrogen-bond acceptors (Lipinski definition) is 5. The third-order valence-electron chi connectivity index (χ3n) is 5.50. The molecule has 0 aliphatic carbocycles. The summed E-state index contributed by atoms with van der Waals surface area (Å²) in [5.74, 6) is -0.712. The first-order chi connectivity index (χ1) is 14.6. The van der Waals surface area contributed by atoms with Crippen LogP contribution in [0.15, 0.2) is 63.8 Å². The highest BCUT2D eigenvalue weighted by Crippen LogP contribution is 2.32. The van der Waals surface area contributed by atoms with Crippen LogP contribution < -0.4 is 5.63 Å². The highest BCUT2D eigenvalue weighted by molar-refractivity contribution is 6.07. The quantitative estimate of drug-likeness (QED) is 0.616. The number of esters is 1. The molecule has 0 spiro atoms. The monoisotopic (exact) mass is 405 g/mol. The number of rotatable bonds is 4. The number of hydrogen-bond donors (Lipinski definition) is 0. The van der Waals surface area contributed by atoms with Crippen LogP contribution in [0.5, 0.6) is 0 Å². The van der Waals surface area contributed by atoms with E-state index in [1.807, 2.05) is 42.5 Å². The molecule has 154 valence electrons. The lowest BCUT2D eigenvalue weighted by molar-refractivity contribution is -0.149. The average Bonchev–Trinajstić information content (AvgIpc) is 2.79. The number of likely N-dealkylation sites (tertiary alicyclic amines) is 1. The van der Waals surface area contributed by atoms with Crippen LogP contribution in [0.3, 0.4) is 0 Å². The molecule has 30 heavy (non-hydrogen) atoms. The molecular formula is C24H23NO5. The molecule has 0 bridgehead atoms. The van der Waals surface area contributed by atoms with E-state index in [2.05, 4.69) is 0 Å². The summed E-state index contributed by atoms with van der Waals surface area (Å²) < 4.78 is 10.7. The molecule has 1 aromatic heterocycles. The summed E-state index contributed by atoms with van der Waals surface area (Å²) >= 11 is 0. The van der Waals surface area contributed by atoms with Crippen molar-refractivity contribution in [3.63, 3.8) is 0 Å². The predicted molar refractivity (Wildman–Crippen MR) is 113 cm³/mol. The maximum absolute atomic E-state index is 13.4. The van der Waals surface area contributed by atoms with Gasteiger partial charge in [0.25, 0.3) is 5.91 Å². The minimum atomic E-state index is -0.532. The lowest BCUT2D eigenvalue weighted by atomic mass is 9.95. The number of carbonyl (C=O) groups excluding carboxylic acids is 2. The molecule has 0 N–H and O–H groups in total. The Morgan fingerprint density at radius 2 is 1.63 bits per heavy atom. The zero-order valence-corrected chi connectivity index (χ0v) is 16.8. The van der Waals surface area contributed by atoms with E-state index in [1.165, 1.54) is 0 Å². The van der Waals surface area contributed by atoms with E-state index in [1.54, 1.807) is 24.0 Å². The van der Waals surface area contributed by atoms with E-state index in [0.717, 1.165) is 5.56 Å². The van der Waals surface area contributed by atoms with Gasteiger partial charge >= 0.3 is 11.6 Å². The van der Waals surface area contributed by atoms with Crippen molar-refractivity contribution >= 4 is 22.6 Å². The van der Waals surface area contributed by atoms with Crippen molar-refractivity contribution < 1.29 is 18.7 Å². The Labute approximate surface area is 174 Å². The normalized spacial score (nSPS) is 14.6. The van der Waals surface area contributed by atoms with E-state index in [-0.39, 0.29) is 23.6 Å². The Hall–Kier alpha value is -3.41. The lowest BCUT2D eigenvalue weighted by Crippen LogP contribution is -2.41. The minimum absolute atomic E-state index is 0.0412. The zero-order valence-electron chi connectivity index (χ0n) is 16.8. The van der Waals surface area contributed by atoms with Crippen LogP contribution in [0.2, 0.25) is 0 Å². The fraction of sp³-hybridized carbons (Fsp3) is 0.292. The molecule has 2 aromatic carbocycles. The van der Waals surface area contributed by atoms with Gasteiger partial charge in [-0.3, -0.25) is 9.59 Å². The minimum Gasteiger partial charge on any atom is -0.466 e. The number of piperidine rings is 1. The largest absolute Gasteiger partial charge is 0.466 e. The van der Waals surface area contributed by atoms with Crippen molar-refractivity contribution in [2.24, 2.45) is 5.92 Å². The Morgan fingerprint density at radius 3 is 2.30 bits per heavy atom. The second kappa shape index (κ2) is 8.53. The molecule has 0 unspecified atom stereocenters. The van der Waals surface area contributed by atoms with Gasteiger partial charge in [0.2, 0.25) is 5.76 Å². The third kappa shape index (κ3) is 3.73. The Kier molecular flexibility index (Phi) is 5.65. The van der Waals surface area contributed by atoms with Crippen molar-refractivity contribution in [1.29, 1.82) is 0 Å². The second-order valence-corrected chi connectivity index (χ2v) is 7.32. The van der Waals surface area contributed by atoms with E-state index < -0.39 is 5.63 Å². The highest BCUT2D eigenvalue weighted by Gasteiger charge is 2.31. The van der Waals surface area contributed by atoms with Gasteiger partial charge < -0.3 is 14.1 Å². The zero-order chi connectivity index (χ0) is 21.1. The van der Waals surface area contributed by atoms with Crippen LogP contribution in [-0.2, 0) is 9.53 Å². The van der Waals surface area contributed by atoms with Crippen LogP contribution in [-0.4, -0.2) is 36.5 Å². The summed E-state index contributed by atoms with van der Waals surface area (Å²) in [4.78, 5) is 39.6. The van der Waals surface area contributed by atoms with Gasteiger partial charge in [0.15, 0.2) is 0 Å². The van der Waals surface area contributed by atoms with Crippen molar-refractivity contribution in [2.45, 2.75) is 19.8 Å². The number of nitrogens with zero attached hydrogens (tertiary/aromatic N) is 1. The molecule has 6 nitrogen and oxygen atoms in total. The van der Waals surface area contributed by atoms with Gasteiger partial charge in [-0.25, -0.2) is 4.79 Å². The fourth-order valence-electron chi connectivity index (χ4n) is 3.96. The first-order valence-corrected chi connectivity index (χ1v) is 10.2. The molecule has 2 heterocycles. The van der Waals surface area contributed by atoms with E-state index in [9.17, 15) is 14.4 Å². The Bertz CT molecular complexity index is 1130. The van der Waals surface area contributed by atoms with Crippen LogP contribution in [0, 0.1) is 5.92 Å². The molecule has 1 saturated heterocycles. The maximum atomic E-state index is 13.4. The molecule has 3 aromatic rings. The molecule has 0 atom stereocenters. The maximum Gasteiger partial charge on any atom is 0.344 e. The van der Waals surface area contributed by atoms with Gasteiger partial charge in [-0.1, -0.05) is 48.5 Å². The van der Waals surface area contributed by atoms with E-state index in [0.29, 0.717) is 48.9 Å². The van der Waals surface area contributed by atoms with Gasteiger partial charge in [0, 0.05) is 24.0 Å². The van der Waals surface area contributed by atoms with E-state index >= 15 is 0 Å². The SMILES string of the molecule is CCOC(=O)C1CCN(C(=O)c2oc(=O)c3ccccc3c2-c2ccccc2)CC1. The summed E-state index contributed by atoms with van der Waals surface area (Å²) in [6, 6.07) is 16.6. The first kappa shape index (κ1) is 19.9. The second-order valence-electron chi connectivity index (χ2n) is 7.32. The van der Waals surface area contributed by atoms with Crippen LogP contribution in [0.1, 0.15) is 30.3 Å². The van der Waals surface area contributed by atoms with Gasteiger partial charge in [0.1, 0.15) is 0 Å². The molecule has 1 aliphatic heterocycles. The molecule has 6 heteroatoms. The fourth-order valence-corrected chi connectivity index (χ4v) is 3.96. The predicted octanol–water partition coefficient (Wildman–Crippen LogP) is 3.88. The van der Waals surface area contributed by atoms with Crippen molar-refractivity contribution in [3.8, 4) is 11.1 Å². The number of amides is 1. The molecule has 0 radical (unpaired) electrons. The standard InChI is InChI=1S/C24H23NO5/c1-2-29-23(27)17-12-14-25(15-13-17)22(26)21-20(16-8-4-3-5-9-16)18-10-6-7-11-19(18)24(28)30-21/h3-11,17H,2,12-15H2,1H3. The molecular weight excluding hydrogens is 382 g/mol. The molecule has 1 aliphatic rings. The summed E-state index contributed by atoms with van der Waals surface area (Å²) in [7, 11) is 0. The summed E-state index contributed by atoms with van der Waals surface area (Å²) in [5, 5.41) is 1.12. The molecule has 0 saturated carbocycles. The van der Waals surface area contributed by atoms with E-state index in [4.69, 9.17) is 9.15 Å². The molecule has 1 amide bonds. The van der Waals surface area contributed by atoms with Crippen LogP contribution in [0.25, 0.3) is 21.9 Å². The Morgan fingerprint density at radius 1 is 1.00 bits per heavy atom. The summed E-state index contributed by atoms with van der Waals surface area (Å²) in [6.07, 6.45) is 1.06. The number of benzene rings is 2. The smallest absolute Gasteiger partial charge is 0.344 e. The number of carbonyl (C=O) groups is 2. The van der Waals surface area contributed by atoms with Gasteiger partial charge in [-0.15, -0.1) is 0 Å². The van der Waals surface area contributed by atoms with Gasteiger partial charge in [-0.2, -0.15) is 0 Å². The highest BCUT2D eigenvalue weighted by atomic mass is 16.5. The van der Waals surface area contributed by atoms with Crippen LogP contribution >= 0.6 is 0 Å². The summed E-state index contributed by atoms with van der Waals surface area (Å²) in [6.45, 7) is 2.95. The Balaban J connectivity index is 1.72. The third-order valence-corrected chi connectivity index (χ3v) is 5.50. The van der Waals surface area contributed by atoms with Gasteiger partial charge in [-0.05, 0) is 31.4 Å². The number of ether oxygens (including phenoxy) is 1. The van der Waals surface area contributed by atoms with Crippen molar-refractivity contribution in [2.75, 3.05) is 19.7 Å².